The van der Waals surface area contributed by atoms with Crippen molar-refractivity contribution in [3.8, 4) is 0 Å². The average molecular weight is 366 g/mol. The molecule has 3 aromatic rings. The number of nitrogens with one attached hydrogen (secondary N) is 1. The number of esters is 1. The number of para-hydroxylation sites is 1. The molecule has 0 radical (unpaired) electrons. The number of ether oxygens (including phenoxy) is 1. The number of fused-ring (bicyclic) bond motifs is 1. The van der Waals surface area contributed by atoms with Crippen molar-refractivity contribution in [3.05, 3.63) is 65.5 Å². The number of benzene rings is 2. The van der Waals surface area contributed by atoms with Gasteiger partial charge in [0.1, 0.15) is 5.82 Å². The maximum absolute atomic E-state index is 12.0. The van der Waals surface area contributed by atoms with Gasteiger partial charge < -0.3 is 14.8 Å². The molecule has 0 bridgehead atoms. The molecule has 2 N–H and O–H groups in total. The number of carbonyl (C=O) groups excluding carboxylic acids is 1. The van der Waals surface area contributed by atoms with Gasteiger partial charge >= 0.3 is 5.97 Å². The number of H-pyrrole nitrogens is 1. The predicted molar refractivity (Wildman–Crippen MR) is 105 cm³/mol. The summed E-state index contributed by atoms with van der Waals surface area (Å²) in [6.45, 7) is 3.80. The Labute approximate surface area is 159 Å². The van der Waals surface area contributed by atoms with E-state index in [1.165, 1.54) is 5.56 Å². The summed E-state index contributed by atoms with van der Waals surface area (Å²) in [5.41, 5.74) is 3.48. The second kappa shape index (κ2) is 8.82. The zero-order chi connectivity index (χ0) is 19.2. The summed E-state index contributed by atoms with van der Waals surface area (Å²) in [4.78, 5) is 20.0. The Balaban J connectivity index is 1.72. The van der Waals surface area contributed by atoms with Crippen molar-refractivity contribution in [1.82, 2.24) is 9.97 Å². The molecule has 5 heteroatoms. The fourth-order valence-corrected chi connectivity index (χ4v) is 3.02. The van der Waals surface area contributed by atoms with Crippen molar-refractivity contribution in [3.63, 3.8) is 0 Å². The molecular formula is C22H26N2O3. The molecule has 5 nitrogen and oxygen atoms in total. The maximum atomic E-state index is 12.0. The largest absolute Gasteiger partial charge is 0.463 e. The van der Waals surface area contributed by atoms with Crippen LogP contribution < -0.4 is 0 Å². The van der Waals surface area contributed by atoms with E-state index in [0.717, 1.165) is 30.6 Å². The van der Waals surface area contributed by atoms with Crippen LogP contribution in [0.5, 0.6) is 0 Å². The van der Waals surface area contributed by atoms with E-state index in [2.05, 4.69) is 22.1 Å². The molecule has 2 aromatic carbocycles. The first kappa shape index (κ1) is 19.1. The maximum Gasteiger partial charge on any atom is 0.309 e. The van der Waals surface area contributed by atoms with Gasteiger partial charge in [-0.3, -0.25) is 4.79 Å². The number of hydrogen-bond acceptors (Lipinski definition) is 4. The number of imidazole rings is 1. The molecule has 0 spiro atoms. The second-order valence-electron chi connectivity index (χ2n) is 6.84. The van der Waals surface area contributed by atoms with E-state index in [1.807, 2.05) is 50.2 Å². The van der Waals surface area contributed by atoms with Crippen molar-refractivity contribution in [2.24, 2.45) is 0 Å². The summed E-state index contributed by atoms with van der Waals surface area (Å²) < 4.78 is 5.27. The van der Waals surface area contributed by atoms with Crippen LogP contribution in [0.1, 0.15) is 49.7 Å². The Morgan fingerprint density at radius 2 is 1.93 bits per heavy atom. The quantitative estimate of drug-likeness (QED) is 0.588. The standard InChI is InChI=1S/C22H26N2O3/c1-3-15(2)27-21(26)14-19(25)17-10-7-11-18-22(17)24-20(23-18)13-12-16-8-5-4-6-9-16/h4-11,15,19,25H,3,12-14H2,1-2H3,(H,23,24). The first-order chi connectivity index (χ1) is 13.1. The van der Waals surface area contributed by atoms with Gasteiger partial charge in [-0.05, 0) is 31.4 Å². The summed E-state index contributed by atoms with van der Waals surface area (Å²) in [5.74, 6) is 0.476. The van der Waals surface area contributed by atoms with E-state index in [4.69, 9.17) is 4.74 Å². The highest BCUT2D eigenvalue weighted by Crippen LogP contribution is 2.25. The Bertz CT molecular complexity index is 889. The van der Waals surface area contributed by atoms with Gasteiger partial charge in [-0.15, -0.1) is 0 Å². The lowest BCUT2D eigenvalue weighted by atomic mass is 10.1. The van der Waals surface area contributed by atoms with Gasteiger partial charge in [-0.1, -0.05) is 49.4 Å². The molecule has 0 saturated carbocycles. The van der Waals surface area contributed by atoms with Crippen molar-refractivity contribution in [1.29, 1.82) is 0 Å². The minimum Gasteiger partial charge on any atom is -0.463 e. The van der Waals surface area contributed by atoms with Crippen LogP contribution in [0.3, 0.4) is 0 Å². The lowest BCUT2D eigenvalue weighted by Crippen LogP contribution is -2.16. The van der Waals surface area contributed by atoms with E-state index >= 15 is 0 Å². The third kappa shape index (κ3) is 4.95. The average Bonchev–Trinajstić information content (AvgIpc) is 3.10. The summed E-state index contributed by atoms with van der Waals surface area (Å²) >= 11 is 0. The third-order valence-corrected chi connectivity index (χ3v) is 4.71. The predicted octanol–water partition coefficient (Wildman–Crippen LogP) is 4.11. The molecule has 0 aliphatic heterocycles. The van der Waals surface area contributed by atoms with Crippen LogP contribution in [0.2, 0.25) is 0 Å². The summed E-state index contributed by atoms with van der Waals surface area (Å²) in [6.07, 6.45) is 1.27. The molecule has 1 heterocycles. The van der Waals surface area contributed by atoms with Gasteiger partial charge in [0.05, 0.1) is 29.7 Å². The molecule has 2 atom stereocenters. The van der Waals surface area contributed by atoms with Crippen LogP contribution in [0.25, 0.3) is 11.0 Å². The topological polar surface area (TPSA) is 75.2 Å². The highest BCUT2D eigenvalue weighted by Gasteiger charge is 2.19. The van der Waals surface area contributed by atoms with Crippen molar-refractivity contribution in [2.75, 3.05) is 0 Å². The zero-order valence-corrected chi connectivity index (χ0v) is 15.8. The summed E-state index contributed by atoms with van der Waals surface area (Å²) in [6, 6.07) is 15.9. The minimum atomic E-state index is -0.935. The van der Waals surface area contributed by atoms with Crippen LogP contribution in [-0.4, -0.2) is 27.1 Å². The Kier molecular flexibility index (Phi) is 6.24. The molecule has 0 aliphatic rings. The van der Waals surface area contributed by atoms with E-state index < -0.39 is 12.1 Å². The fraction of sp³-hybridized carbons (Fsp3) is 0.364. The molecule has 0 fully saturated rings. The van der Waals surface area contributed by atoms with E-state index in [9.17, 15) is 9.90 Å². The van der Waals surface area contributed by atoms with Gasteiger partial charge in [0, 0.05) is 12.0 Å². The molecule has 2 unspecified atom stereocenters. The number of hydrogen-bond donors (Lipinski definition) is 2. The van der Waals surface area contributed by atoms with Gasteiger partial charge in [-0.2, -0.15) is 0 Å². The van der Waals surface area contributed by atoms with Crippen LogP contribution in [0.15, 0.2) is 48.5 Å². The fourth-order valence-electron chi connectivity index (χ4n) is 3.02. The molecule has 0 saturated heterocycles. The molecular weight excluding hydrogens is 340 g/mol. The smallest absolute Gasteiger partial charge is 0.309 e. The van der Waals surface area contributed by atoms with Gasteiger partial charge in [-0.25, -0.2) is 4.98 Å². The van der Waals surface area contributed by atoms with Crippen molar-refractivity contribution >= 4 is 17.0 Å². The summed E-state index contributed by atoms with van der Waals surface area (Å²) in [5, 5.41) is 10.5. The lowest BCUT2D eigenvalue weighted by Gasteiger charge is -2.14. The highest BCUT2D eigenvalue weighted by atomic mass is 16.5. The number of aromatic amines is 1. The molecule has 0 amide bonds. The number of nitrogens with zero attached hydrogens (tertiary/aromatic N) is 1. The number of carbonyl (C=O) groups is 1. The number of aliphatic hydroxyl groups excluding tert-OH is 1. The SMILES string of the molecule is CCC(C)OC(=O)CC(O)c1cccc2[nH]c(CCc3ccccc3)nc12. The monoisotopic (exact) mass is 366 g/mol. The number of rotatable bonds is 8. The Hall–Kier alpha value is -2.66. The Morgan fingerprint density at radius 1 is 1.15 bits per heavy atom. The van der Waals surface area contributed by atoms with Gasteiger partial charge in [0.2, 0.25) is 0 Å². The first-order valence-electron chi connectivity index (χ1n) is 9.45. The molecule has 1 aromatic heterocycles. The van der Waals surface area contributed by atoms with Crippen LogP contribution in [-0.2, 0) is 22.4 Å². The molecule has 0 aliphatic carbocycles. The van der Waals surface area contributed by atoms with Crippen LogP contribution in [0, 0.1) is 0 Å². The second-order valence-corrected chi connectivity index (χ2v) is 6.84. The van der Waals surface area contributed by atoms with Gasteiger partial charge in [0.25, 0.3) is 0 Å². The molecule has 27 heavy (non-hydrogen) atoms. The number of aryl methyl sites for hydroxylation is 2. The zero-order valence-electron chi connectivity index (χ0n) is 15.8. The summed E-state index contributed by atoms with van der Waals surface area (Å²) in [7, 11) is 0. The normalized spacial score (nSPS) is 13.4. The molecule has 142 valence electrons. The highest BCUT2D eigenvalue weighted by molar-refractivity contribution is 5.80. The lowest BCUT2D eigenvalue weighted by molar-refractivity contribution is -0.150. The van der Waals surface area contributed by atoms with Crippen molar-refractivity contribution in [2.45, 2.75) is 51.7 Å². The Morgan fingerprint density at radius 3 is 2.67 bits per heavy atom. The van der Waals surface area contributed by atoms with E-state index in [0.29, 0.717) is 11.1 Å². The van der Waals surface area contributed by atoms with E-state index in [-0.39, 0.29) is 12.5 Å². The van der Waals surface area contributed by atoms with Crippen LogP contribution >= 0.6 is 0 Å². The number of aromatic nitrogens is 2. The number of aliphatic hydroxyl groups is 1. The van der Waals surface area contributed by atoms with Gasteiger partial charge in [0.15, 0.2) is 0 Å². The minimum absolute atomic E-state index is 0.0737. The van der Waals surface area contributed by atoms with Crippen molar-refractivity contribution < 1.29 is 14.6 Å². The third-order valence-electron chi connectivity index (χ3n) is 4.71. The van der Waals surface area contributed by atoms with Crippen LogP contribution in [0.4, 0.5) is 0 Å². The first-order valence-corrected chi connectivity index (χ1v) is 9.45. The van der Waals surface area contributed by atoms with E-state index in [1.54, 1.807) is 0 Å². The molecule has 3 rings (SSSR count).